The fraction of sp³-hybridized carbons (Fsp3) is 0.500. The zero-order valence-corrected chi connectivity index (χ0v) is 11.3. The molecule has 1 saturated heterocycles. The average Bonchev–Trinajstić information content (AvgIpc) is 2.95. The van der Waals surface area contributed by atoms with Crippen molar-refractivity contribution in [1.29, 1.82) is 0 Å². The van der Waals surface area contributed by atoms with E-state index >= 15 is 0 Å². The molecular weight excluding hydrogens is 244 g/mol. The van der Waals surface area contributed by atoms with Crippen LogP contribution in [0.15, 0.2) is 18.3 Å². The highest BCUT2D eigenvalue weighted by molar-refractivity contribution is 5.94. The first-order chi connectivity index (χ1) is 9.17. The average molecular weight is 262 g/mol. The maximum absolute atomic E-state index is 11.7. The molecule has 102 valence electrons. The highest BCUT2D eigenvalue weighted by Crippen LogP contribution is 2.25. The molecule has 1 fully saturated rings. The molecule has 0 aliphatic carbocycles. The summed E-state index contributed by atoms with van der Waals surface area (Å²) < 4.78 is 4.81. The zero-order chi connectivity index (χ0) is 13.8. The molecule has 0 aromatic carbocycles. The summed E-state index contributed by atoms with van der Waals surface area (Å²) in [6, 6.07) is 3.32. The minimum absolute atomic E-state index is 0.0255. The van der Waals surface area contributed by atoms with Crippen molar-refractivity contribution >= 4 is 17.4 Å². The molecule has 0 amide bonds. The van der Waals surface area contributed by atoms with Gasteiger partial charge in [0.25, 0.3) is 0 Å². The quantitative estimate of drug-likeness (QED) is 0.612. The molecule has 0 radical (unpaired) electrons. The van der Waals surface area contributed by atoms with Crippen LogP contribution < -0.4 is 4.90 Å². The lowest BCUT2D eigenvalue weighted by atomic mass is 10.2. The molecule has 1 aromatic rings. The Labute approximate surface area is 112 Å². The Kier molecular flexibility index (Phi) is 4.14. The van der Waals surface area contributed by atoms with E-state index in [1.54, 1.807) is 12.3 Å². The number of esters is 1. The maximum atomic E-state index is 11.7. The summed E-state index contributed by atoms with van der Waals surface area (Å²) in [5.41, 5.74) is 1.33. The molecule has 2 heterocycles. The molecule has 0 N–H and O–H groups in total. The van der Waals surface area contributed by atoms with Crippen LogP contribution in [0.2, 0.25) is 0 Å². The van der Waals surface area contributed by atoms with Crippen LogP contribution in [0.1, 0.15) is 36.7 Å². The van der Waals surface area contributed by atoms with Crippen molar-refractivity contribution in [3.63, 3.8) is 0 Å². The first-order valence-electron chi connectivity index (χ1n) is 6.51. The predicted molar refractivity (Wildman–Crippen MR) is 71.2 cm³/mol. The smallest absolute Gasteiger partial charge is 0.328 e. The van der Waals surface area contributed by atoms with E-state index in [9.17, 15) is 9.59 Å². The lowest BCUT2D eigenvalue weighted by Gasteiger charge is -2.24. The number of rotatable bonds is 4. The summed E-state index contributed by atoms with van der Waals surface area (Å²) in [5, 5.41) is 0. The number of carbonyl (C=O) groups is 2. The van der Waals surface area contributed by atoms with E-state index in [1.165, 1.54) is 7.11 Å². The monoisotopic (exact) mass is 262 g/mol. The van der Waals surface area contributed by atoms with Crippen molar-refractivity contribution in [2.75, 3.05) is 18.6 Å². The van der Waals surface area contributed by atoms with E-state index < -0.39 is 0 Å². The number of Topliss-reactive ketones (excluding diaryl/α,β-unsaturated/α-hetero) is 1. The number of pyridine rings is 1. The van der Waals surface area contributed by atoms with Crippen molar-refractivity contribution in [1.82, 2.24) is 4.98 Å². The number of ether oxygens (including phenoxy) is 1. The van der Waals surface area contributed by atoms with E-state index in [4.69, 9.17) is 4.74 Å². The van der Waals surface area contributed by atoms with Gasteiger partial charge in [-0.2, -0.15) is 0 Å². The summed E-state index contributed by atoms with van der Waals surface area (Å²) >= 11 is 0. The predicted octanol–water partition coefficient (Wildman–Crippen LogP) is 1.82. The van der Waals surface area contributed by atoms with Gasteiger partial charge in [0.05, 0.1) is 19.0 Å². The van der Waals surface area contributed by atoms with Crippen molar-refractivity contribution in [3.05, 3.63) is 24.0 Å². The van der Waals surface area contributed by atoms with Crippen LogP contribution in [0.25, 0.3) is 0 Å². The van der Waals surface area contributed by atoms with Gasteiger partial charge in [-0.1, -0.05) is 6.92 Å². The van der Waals surface area contributed by atoms with Gasteiger partial charge in [-0.15, -0.1) is 0 Å². The fourth-order valence-corrected chi connectivity index (χ4v) is 2.36. The molecule has 5 heteroatoms. The molecule has 1 aliphatic heterocycles. The van der Waals surface area contributed by atoms with Gasteiger partial charge >= 0.3 is 5.97 Å². The van der Waals surface area contributed by atoms with E-state index in [1.807, 2.05) is 17.9 Å². The molecule has 1 unspecified atom stereocenters. The summed E-state index contributed by atoms with van der Waals surface area (Å²) in [6.45, 7) is 2.62. The molecule has 0 saturated carbocycles. The second-order valence-corrected chi connectivity index (χ2v) is 4.55. The van der Waals surface area contributed by atoms with E-state index in [0.717, 1.165) is 25.1 Å². The number of methoxy groups -OCH3 is 1. The first-order valence-corrected chi connectivity index (χ1v) is 6.51. The highest BCUT2D eigenvalue weighted by Gasteiger charge is 2.31. The SMILES string of the molecule is CCC(=O)c1ccc(N2CCCC2C(=O)OC)cn1. The van der Waals surface area contributed by atoms with Gasteiger partial charge < -0.3 is 9.64 Å². The molecule has 2 rings (SSSR count). The Morgan fingerprint density at radius 2 is 2.26 bits per heavy atom. The van der Waals surface area contributed by atoms with Crippen LogP contribution in [0.3, 0.4) is 0 Å². The van der Waals surface area contributed by atoms with E-state index in [-0.39, 0.29) is 17.8 Å². The van der Waals surface area contributed by atoms with E-state index in [0.29, 0.717) is 12.1 Å². The molecule has 1 aliphatic rings. The third kappa shape index (κ3) is 2.75. The molecule has 1 aromatic heterocycles. The molecule has 19 heavy (non-hydrogen) atoms. The van der Waals surface area contributed by atoms with Crippen LogP contribution in [0, 0.1) is 0 Å². The Balaban J connectivity index is 2.17. The van der Waals surface area contributed by atoms with Gasteiger partial charge in [-0.25, -0.2) is 4.79 Å². The molecule has 0 spiro atoms. The Hall–Kier alpha value is -1.91. The molecule has 1 atom stereocenters. The van der Waals surface area contributed by atoms with Gasteiger partial charge in [0.2, 0.25) is 0 Å². The van der Waals surface area contributed by atoms with Crippen molar-refractivity contribution in [2.24, 2.45) is 0 Å². The van der Waals surface area contributed by atoms with Gasteiger partial charge in [0, 0.05) is 13.0 Å². The second kappa shape index (κ2) is 5.82. The third-order valence-electron chi connectivity index (χ3n) is 3.41. The number of hydrogen-bond donors (Lipinski definition) is 0. The normalized spacial score (nSPS) is 18.4. The highest BCUT2D eigenvalue weighted by atomic mass is 16.5. The number of nitrogens with zero attached hydrogens (tertiary/aromatic N) is 2. The first kappa shape index (κ1) is 13.5. The van der Waals surface area contributed by atoms with Crippen molar-refractivity contribution < 1.29 is 14.3 Å². The van der Waals surface area contributed by atoms with Crippen molar-refractivity contribution in [2.45, 2.75) is 32.2 Å². The number of carbonyl (C=O) groups excluding carboxylic acids is 2. The minimum Gasteiger partial charge on any atom is -0.467 e. The molecule has 5 nitrogen and oxygen atoms in total. The zero-order valence-electron chi connectivity index (χ0n) is 11.3. The van der Waals surface area contributed by atoms with Gasteiger partial charge in [-0.3, -0.25) is 9.78 Å². The number of ketones is 1. The third-order valence-corrected chi connectivity index (χ3v) is 3.41. The molecule has 0 bridgehead atoms. The Bertz CT molecular complexity index is 470. The van der Waals surface area contributed by atoms with Crippen LogP contribution >= 0.6 is 0 Å². The largest absolute Gasteiger partial charge is 0.467 e. The number of aromatic nitrogens is 1. The molecular formula is C14H18N2O3. The lowest BCUT2D eigenvalue weighted by Crippen LogP contribution is -2.36. The van der Waals surface area contributed by atoms with Gasteiger partial charge in [-0.05, 0) is 25.0 Å². The maximum Gasteiger partial charge on any atom is 0.328 e. The van der Waals surface area contributed by atoms with E-state index in [2.05, 4.69) is 4.98 Å². The van der Waals surface area contributed by atoms with Crippen LogP contribution in [0.4, 0.5) is 5.69 Å². The van der Waals surface area contributed by atoms with Crippen LogP contribution in [0.5, 0.6) is 0 Å². The van der Waals surface area contributed by atoms with Crippen molar-refractivity contribution in [3.8, 4) is 0 Å². The summed E-state index contributed by atoms with van der Waals surface area (Å²) in [6.07, 6.45) is 3.85. The van der Waals surface area contributed by atoms with Gasteiger partial charge in [0.15, 0.2) is 5.78 Å². The number of hydrogen-bond acceptors (Lipinski definition) is 5. The lowest BCUT2D eigenvalue weighted by molar-refractivity contribution is -0.141. The fourth-order valence-electron chi connectivity index (χ4n) is 2.36. The Morgan fingerprint density at radius 3 is 2.84 bits per heavy atom. The second-order valence-electron chi connectivity index (χ2n) is 4.55. The topological polar surface area (TPSA) is 59.5 Å². The summed E-state index contributed by atoms with van der Waals surface area (Å²) in [5.74, 6) is -0.191. The summed E-state index contributed by atoms with van der Waals surface area (Å²) in [7, 11) is 1.40. The Morgan fingerprint density at radius 1 is 1.47 bits per heavy atom. The summed E-state index contributed by atoms with van der Waals surface area (Å²) in [4.78, 5) is 29.4. The van der Waals surface area contributed by atoms with Crippen LogP contribution in [-0.2, 0) is 9.53 Å². The minimum atomic E-state index is -0.237. The standard InChI is InChI=1S/C14H18N2O3/c1-3-13(17)11-7-6-10(9-15-11)16-8-4-5-12(16)14(18)19-2/h6-7,9,12H,3-5,8H2,1-2H3. The number of anilines is 1. The van der Waals surface area contributed by atoms with Crippen LogP contribution in [-0.4, -0.2) is 36.4 Å². The van der Waals surface area contributed by atoms with Gasteiger partial charge in [0.1, 0.15) is 11.7 Å².